The lowest BCUT2D eigenvalue weighted by atomic mass is 9.80. The number of pyridine rings is 1. The minimum atomic E-state index is -0.0179. The Bertz CT molecular complexity index is 964. The number of allylic oxidation sites excluding steroid dienone is 2. The van der Waals surface area contributed by atoms with Crippen molar-refractivity contribution in [3.8, 4) is 11.1 Å². The van der Waals surface area contributed by atoms with E-state index in [1.165, 1.54) is 33.9 Å². The van der Waals surface area contributed by atoms with Gasteiger partial charge in [0, 0.05) is 36.5 Å². The smallest absolute Gasteiger partial charge is 0.246 e. The van der Waals surface area contributed by atoms with Gasteiger partial charge >= 0.3 is 0 Å². The minimum absolute atomic E-state index is 0.0179. The third-order valence-corrected chi connectivity index (χ3v) is 5.26. The van der Waals surface area contributed by atoms with E-state index in [2.05, 4.69) is 68.7 Å². The van der Waals surface area contributed by atoms with E-state index in [0.29, 0.717) is 13.1 Å². The van der Waals surface area contributed by atoms with Crippen LogP contribution in [0, 0.1) is 6.92 Å². The normalized spacial score (nSPS) is 16.7. The first-order chi connectivity index (χ1) is 13.4. The highest BCUT2D eigenvalue weighted by atomic mass is 16.2. The summed E-state index contributed by atoms with van der Waals surface area (Å²) >= 11 is 0. The molecule has 0 fully saturated rings. The lowest BCUT2D eigenvalue weighted by Crippen LogP contribution is -2.39. The number of aromatic nitrogens is 1. The predicted octanol–water partition coefficient (Wildman–Crippen LogP) is 5.45. The summed E-state index contributed by atoms with van der Waals surface area (Å²) in [7, 11) is 0. The van der Waals surface area contributed by atoms with Crippen molar-refractivity contribution in [1.29, 1.82) is 0 Å². The average molecular weight is 373 g/mol. The van der Waals surface area contributed by atoms with Crippen molar-refractivity contribution in [2.45, 2.75) is 33.6 Å². The molecular weight excluding hydrogens is 344 g/mol. The van der Waals surface area contributed by atoms with E-state index < -0.39 is 0 Å². The van der Waals surface area contributed by atoms with Gasteiger partial charge < -0.3 is 4.90 Å². The maximum Gasteiger partial charge on any atom is 0.246 e. The molecule has 0 spiro atoms. The molecule has 1 aliphatic rings. The molecule has 0 bridgehead atoms. The van der Waals surface area contributed by atoms with E-state index in [-0.39, 0.29) is 11.8 Å². The van der Waals surface area contributed by atoms with Crippen LogP contribution in [-0.4, -0.2) is 28.9 Å². The molecule has 1 aromatic heterocycles. The Balaban J connectivity index is 2.18. The number of carbonyl (C=O) groups excluding carboxylic acids is 1. The summed E-state index contributed by atoms with van der Waals surface area (Å²) < 4.78 is 0. The molecular formula is C25H28N2O. The lowest BCUT2D eigenvalue weighted by molar-refractivity contribution is -0.126. The van der Waals surface area contributed by atoms with E-state index in [1.807, 2.05) is 24.1 Å². The number of benzene rings is 1. The Morgan fingerprint density at radius 3 is 2.54 bits per heavy atom. The van der Waals surface area contributed by atoms with Crippen molar-refractivity contribution in [2.75, 3.05) is 13.1 Å². The van der Waals surface area contributed by atoms with Gasteiger partial charge in [0.1, 0.15) is 0 Å². The first kappa shape index (κ1) is 19.8. The number of hydrogen-bond acceptors (Lipinski definition) is 2. The quantitative estimate of drug-likeness (QED) is 0.669. The molecule has 0 saturated heterocycles. The largest absolute Gasteiger partial charge is 0.334 e. The van der Waals surface area contributed by atoms with E-state index in [0.717, 1.165) is 11.3 Å². The van der Waals surface area contributed by atoms with Crippen LogP contribution in [0.2, 0.25) is 0 Å². The van der Waals surface area contributed by atoms with Gasteiger partial charge in [-0.2, -0.15) is 0 Å². The Kier molecular flexibility index (Phi) is 5.93. The molecule has 1 aliphatic heterocycles. The molecule has 1 aromatic carbocycles. The van der Waals surface area contributed by atoms with E-state index in [9.17, 15) is 4.79 Å². The van der Waals surface area contributed by atoms with Crippen molar-refractivity contribution >= 4 is 5.91 Å². The van der Waals surface area contributed by atoms with E-state index in [1.54, 1.807) is 0 Å². The SMILES string of the molecule is C=CC(=O)N1CC(C)=C(C=C(C)C)[C@H](c2ccccc2-c2cccnc2C)C1. The maximum atomic E-state index is 12.4. The first-order valence-electron chi connectivity index (χ1n) is 9.69. The summed E-state index contributed by atoms with van der Waals surface area (Å²) in [5, 5.41) is 0. The second kappa shape index (κ2) is 8.39. The summed E-state index contributed by atoms with van der Waals surface area (Å²) in [5.41, 5.74) is 8.35. The van der Waals surface area contributed by atoms with Crippen LogP contribution >= 0.6 is 0 Å². The van der Waals surface area contributed by atoms with Crippen LogP contribution in [0.4, 0.5) is 0 Å². The molecule has 3 rings (SSSR count). The molecule has 144 valence electrons. The molecule has 28 heavy (non-hydrogen) atoms. The zero-order valence-electron chi connectivity index (χ0n) is 17.2. The van der Waals surface area contributed by atoms with Gasteiger partial charge in [-0.25, -0.2) is 0 Å². The van der Waals surface area contributed by atoms with Gasteiger partial charge in [-0.3, -0.25) is 9.78 Å². The fourth-order valence-corrected chi connectivity index (χ4v) is 3.97. The molecule has 0 radical (unpaired) electrons. The summed E-state index contributed by atoms with van der Waals surface area (Å²) in [6.45, 7) is 13.4. The number of rotatable bonds is 4. The minimum Gasteiger partial charge on any atom is -0.334 e. The van der Waals surface area contributed by atoms with Crippen molar-refractivity contribution < 1.29 is 4.79 Å². The van der Waals surface area contributed by atoms with Crippen LogP contribution in [0.5, 0.6) is 0 Å². The molecule has 2 heterocycles. The molecule has 2 aromatic rings. The number of carbonyl (C=O) groups is 1. The van der Waals surface area contributed by atoms with Gasteiger partial charge in [-0.05, 0) is 56.5 Å². The Labute approximate surface area is 168 Å². The Hall–Kier alpha value is -2.94. The third kappa shape index (κ3) is 3.99. The van der Waals surface area contributed by atoms with Crippen LogP contribution in [0.1, 0.15) is 37.9 Å². The molecule has 3 heteroatoms. The van der Waals surface area contributed by atoms with Crippen LogP contribution in [0.15, 0.2) is 78.0 Å². The number of amides is 1. The van der Waals surface area contributed by atoms with Gasteiger partial charge in [0.05, 0.1) is 0 Å². The molecule has 3 nitrogen and oxygen atoms in total. The molecule has 1 amide bonds. The molecule has 0 aliphatic carbocycles. The highest BCUT2D eigenvalue weighted by Crippen LogP contribution is 2.39. The van der Waals surface area contributed by atoms with E-state index in [4.69, 9.17) is 0 Å². The summed E-state index contributed by atoms with van der Waals surface area (Å²) in [4.78, 5) is 18.8. The predicted molar refractivity (Wildman–Crippen MR) is 116 cm³/mol. The number of hydrogen-bond donors (Lipinski definition) is 0. The van der Waals surface area contributed by atoms with Gasteiger partial charge in [0.15, 0.2) is 0 Å². The Morgan fingerprint density at radius 2 is 1.86 bits per heavy atom. The summed E-state index contributed by atoms with van der Waals surface area (Å²) in [6.07, 6.45) is 5.50. The second-order valence-electron chi connectivity index (χ2n) is 7.66. The first-order valence-corrected chi connectivity index (χ1v) is 9.69. The summed E-state index contributed by atoms with van der Waals surface area (Å²) in [6, 6.07) is 12.6. The lowest BCUT2D eigenvalue weighted by Gasteiger charge is -2.36. The van der Waals surface area contributed by atoms with Crippen LogP contribution in [0.3, 0.4) is 0 Å². The van der Waals surface area contributed by atoms with Crippen LogP contribution in [-0.2, 0) is 4.79 Å². The van der Waals surface area contributed by atoms with Gasteiger partial charge in [-0.15, -0.1) is 0 Å². The van der Waals surface area contributed by atoms with E-state index >= 15 is 0 Å². The monoisotopic (exact) mass is 372 g/mol. The van der Waals surface area contributed by atoms with Crippen LogP contribution in [0.25, 0.3) is 11.1 Å². The Morgan fingerprint density at radius 1 is 1.14 bits per heavy atom. The fraction of sp³-hybridized carbons (Fsp3) is 0.280. The van der Waals surface area contributed by atoms with Gasteiger partial charge in [-0.1, -0.05) is 54.1 Å². The molecule has 0 N–H and O–H groups in total. The van der Waals surface area contributed by atoms with Crippen molar-refractivity contribution in [3.05, 3.63) is 89.3 Å². The maximum absolute atomic E-state index is 12.4. The van der Waals surface area contributed by atoms with Crippen molar-refractivity contribution in [1.82, 2.24) is 9.88 Å². The van der Waals surface area contributed by atoms with Gasteiger partial charge in [0.2, 0.25) is 5.91 Å². The zero-order chi connectivity index (χ0) is 20.3. The third-order valence-electron chi connectivity index (χ3n) is 5.26. The highest BCUT2D eigenvalue weighted by molar-refractivity contribution is 5.87. The second-order valence-corrected chi connectivity index (χ2v) is 7.66. The fourth-order valence-electron chi connectivity index (χ4n) is 3.97. The number of aryl methyl sites for hydroxylation is 1. The van der Waals surface area contributed by atoms with Crippen LogP contribution < -0.4 is 0 Å². The standard InChI is InChI=1S/C25H28N2O/c1-6-25(28)27-15-18(4)23(14-17(2)3)24(16-27)22-11-8-7-10-21(22)20-12-9-13-26-19(20)5/h6-14,24H,1,15-16H2,2-5H3/t24-/m0/s1. The number of nitrogens with zero attached hydrogens (tertiary/aromatic N) is 2. The topological polar surface area (TPSA) is 33.2 Å². The molecule has 0 saturated carbocycles. The average Bonchev–Trinajstić information content (AvgIpc) is 2.69. The molecule has 1 atom stereocenters. The molecule has 0 unspecified atom stereocenters. The van der Waals surface area contributed by atoms with Gasteiger partial charge in [0.25, 0.3) is 0 Å². The highest BCUT2D eigenvalue weighted by Gasteiger charge is 2.29. The zero-order valence-corrected chi connectivity index (χ0v) is 17.2. The van der Waals surface area contributed by atoms with Crippen molar-refractivity contribution in [3.63, 3.8) is 0 Å². The summed E-state index contributed by atoms with van der Waals surface area (Å²) in [5.74, 6) is 0.0963. The van der Waals surface area contributed by atoms with Crippen molar-refractivity contribution in [2.24, 2.45) is 0 Å².